The molecule has 0 bridgehead atoms. The summed E-state index contributed by atoms with van der Waals surface area (Å²) in [6, 6.07) is 15.6. The minimum atomic E-state index is -0.320. The maximum absolute atomic E-state index is 12.8. The molecular formula is C25H32N2O4. The highest BCUT2D eigenvalue weighted by atomic mass is 16.5. The quantitative estimate of drug-likeness (QED) is 0.631. The fourth-order valence-corrected chi connectivity index (χ4v) is 3.82. The summed E-state index contributed by atoms with van der Waals surface area (Å²) in [6.45, 7) is 7.99. The fourth-order valence-electron chi connectivity index (χ4n) is 3.82. The molecule has 1 saturated heterocycles. The van der Waals surface area contributed by atoms with Crippen LogP contribution in [0, 0.1) is 5.92 Å². The summed E-state index contributed by atoms with van der Waals surface area (Å²) in [5.74, 6) is 1.01. The van der Waals surface area contributed by atoms with Crippen molar-refractivity contribution in [3.05, 3.63) is 59.7 Å². The predicted octanol–water partition coefficient (Wildman–Crippen LogP) is 3.75. The van der Waals surface area contributed by atoms with E-state index in [9.17, 15) is 9.59 Å². The second-order valence-electron chi connectivity index (χ2n) is 7.78. The first-order valence-electron chi connectivity index (χ1n) is 11.0. The average Bonchev–Trinajstić information content (AvgIpc) is 3.15. The smallest absolute Gasteiger partial charge is 0.225 e. The van der Waals surface area contributed by atoms with Crippen LogP contribution in [-0.2, 0) is 16.0 Å². The molecule has 1 aliphatic rings. The molecule has 0 radical (unpaired) electrons. The van der Waals surface area contributed by atoms with Crippen molar-refractivity contribution in [3.63, 3.8) is 0 Å². The van der Waals surface area contributed by atoms with Crippen LogP contribution in [-0.4, -0.2) is 43.0 Å². The number of likely N-dealkylation sites (tertiary alicyclic amines) is 1. The highest BCUT2D eigenvalue weighted by Crippen LogP contribution is 2.31. The molecule has 1 aliphatic heterocycles. The van der Waals surface area contributed by atoms with Gasteiger partial charge in [-0.2, -0.15) is 0 Å². The Morgan fingerprint density at radius 1 is 1.10 bits per heavy atom. The first-order chi connectivity index (χ1) is 15.0. The van der Waals surface area contributed by atoms with E-state index in [1.54, 1.807) is 4.90 Å². The third-order valence-corrected chi connectivity index (χ3v) is 5.52. The predicted molar refractivity (Wildman–Crippen MR) is 120 cm³/mol. The summed E-state index contributed by atoms with van der Waals surface area (Å²) in [4.78, 5) is 27.0. The molecule has 2 unspecified atom stereocenters. The van der Waals surface area contributed by atoms with E-state index in [2.05, 4.69) is 17.4 Å². The van der Waals surface area contributed by atoms with Gasteiger partial charge >= 0.3 is 0 Å². The Kier molecular flexibility index (Phi) is 7.93. The van der Waals surface area contributed by atoms with E-state index < -0.39 is 0 Å². The Balaban J connectivity index is 1.57. The van der Waals surface area contributed by atoms with Gasteiger partial charge in [0.1, 0.15) is 0 Å². The van der Waals surface area contributed by atoms with Crippen LogP contribution in [0.2, 0.25) is 0 Å². The van der Waals surface area contributed by atoms with E-state index in [4.69, 9.17) is 9.47 Å². The van der Waals surface area contributed by atoms with Gasteiger partial charge in [-0.25, -0.2) is 0 Å². The number of rotatable bonds is 10. The summed E-state index contributed by atoms with van der Waals surface area (Å²) in [5, 5.41) is 3.06. The molecular weight excluding hydrogens is 392 g/mol. The number of carbonyl (C=O) groups is 2. The maximum atomic E-state index is 12.8. The molecule has 31 heavy (non-hydrogen) atoms. The summed E-state index contributed by atoms with van der Waals surface area (Å²) >= 11 is 0. The molecule has 3 rings (SSSR count). The molecule has 0 saturated carbocycles. The van der Waals surface area contributed by atoms with Gasteiger partial charge in [0.25, 0.3) is 0 Å². The lowest BCUT2D eigenvalue weighted by atomic mass is 10.0. The summed E-state index contributed by atoms with van der Waals surface area (Å²) in [6.07, 6.45) is 1.06. The largest absolute Gasteiger partial charge is 0.490 e. The molecule has 0 aromatic heterocycles. The van der Waals surface area contributed by atoms with E-state index in [-0.39, 0.29) is 30.2 Å². The third-order valence-electron chi connectivity index (χ3n) is 5.52. The van der Waals surface area contributed by atoms with Crippen LogP contribution in [0.25, 0.3) is 0 Å². The van der Waals surface area contributed by atoms with E-state index in [0.717, 1.165) is 12.0 Å². The van der Waals surface area contributed by atoms with Crippen molar-refractivity contribution in [2.75, 3.05) is 26.3 Å². The SMILES string of the molecule is CCOc1ccc(C(C)NC(=O)C2CC(=O)N(CCc3ccccc3)C2)cc1OCC. The molecule has 0 spiro atoms. The minimum Gasteiger partial charge on any atom is -0.490 e. The van der Waals surface area contributed by atoms with Gasteiger partial charge < -0.3 is 19.7 Å². The molecule has 166 valence electrons. The monoisotopic (exact) mass is 424 g/mol. The Morgan fingerprint density at radius 3 is 2.52 bits per heavy atom. The average molecular weight is 425 g/mol. The van der Waals surface area contributed by atoms with Crippen molar-refractivity contribution >= 4 is 11.8 Å². The summed E-state index contributed by atoms with van der Waals surface area (Å²) in [5.41, 5.74) is 2.13. The molecule has 0 aliphatic carbocycles. The Labute approximate surface area is 184 Å². The Morgan fingerprint density at radius 2 is 1.81 bits per heavy atom. The number of ether oxygens (including phenoxy) is 2. The van der Waals surface area contributed by atoms with Crippen molar-refractivity contribution in [2.45, 2.75) is 39.7 Å². The molecule has 1 N–H and O–H groups in total. The van der Waals surface area contributed by atoms with Crippen LogP contribution < -0.4 is 14.8 Å². The van der Waals surface area contributed by atoms with Crippen molar-refractivity contribution in [1.29, 1.82) is 0 Å². The van der Waals surface area contributed by atoms with E-state index >= 15 is 0 Å². The van der Waals surface area contributed by atoms with Crippen LogP contribution in [0.5, 0.6) is 11.5 Å². The van der Waals surface area contributed by atoms with Crippen LogP contribution in [0.15, 0.2) is 48.5 Å². The second-order valence-corrected chi connectivity index (χ2v) is 7.78. The van der Waals surface area contributed by atoms with Gasteiger partial charge in [-0.15, -0.1) is 0 Å². The number of amides is 2. The molecule has 2 aromatic carbocycles. The zero-order chi connectivity index (χ0) is 22.2. The van der Waals surface area contributed by atoms with Crippen LogP contribution in [0.3, 0.4) is 0 Å². The molecule has 2 atom stereocenters. The zero-order valence-corrected chi connectivity index (χ0v) is 18.6. The van der Waals surface area contributed by atoms with Crippen molar-refractivity contribution in [1.82, 2.24) is 10.2 Å². The lowest BCUT2D eigenvalue weighted by molar-refractivity contribution is -0.129. The number of nitrogens with one attached hydrogen (secondary N) is 1. The van der Waals surface area contributed by atoms with Crippen molar-refractivity contribution in [2.24, 2.45) is 5.92 Å². The topological polar surface area (TPSA) is 67.9 Å². The van der Waals surface area contributed by atoms with Gasteiger partial charge in [-0.05, 0) is 50.5 Å². The zero-order valence-electron chi connectivity index (χ0n) is 18.6. The molecule has 2 aromatic rings. The first-order valence-corrected chi connectivity index (χ1v) is 11.0. The van der Waals surface area contributed by atoms with Crippen molar-refractivity contribution in [3.8, 4) is 11.5 Å². The Hall–Kier alpha value is -3.02. The molecule has 6 nitrogen and oxygen atoms in total. The van der Waals surface area contributed by atoms with Crippen LogP contribution in [0.4, 0.5) is 0 Å². The minimum absolute atomic E-state index is 0.0448. The van der Waals surface area contributed by atoms with Gasteiger partial charge in [0.05, 0.1) is 25.2 Å². The number of carbonyl (C=O) groups excluding carboxylic acids is 2. The van der Waals surface area contributed by atoms with Crippen molar-refractivity contribution < 1.29 is 19.1 Å². The number of hydrogen-bond donors (Lipinski definition) is 1. The number of nitrogens with zero attached hydrogens (tertiary/aromatic N) is 1. The fraction of sp³-hybridized carbons (Fsp3) is 0.440. The normalized spacial score (nSPS) is 16.8. The van der Waals surface area contributed by atoms with E-state index in [0.29, 0.717) is 37.8 Å². The highest BCUT2D eigenvalue weighted by Gasteiger charge is 2.34. The van der Waals surface area contributed by atoms with Gasteiger partial charge in [-0.3, -0.25) is 9.59 Å². The first kappa shape index (κ1) is 22.7. The van der Waals surface area contributed by atoms with Crippen LogP contribution in [0.1, 0.15) is 44.4 Å². The highest BCUT2D eigenvalue weighted by molar-refractivity contribution is 5.89. The molecule has 1 fully saturated rings. The van der Waals surface area contributed by atoms with Gasteiger partial charge in [0.15, 0.2) is 11.5 Å². The van der Waals surface area contributed by atoms with Crippen LogP contribution >= 0.6 is 0 Å². The van der Waals surface area contributed by atoms with Gasteiger partial charge in [0, 0.05) is 19.5 Å². The second kappa shape index (κ2) is 10.8. The lowest BCUT2D eigenvalue weighted by Gasteiger charge is -2.20. The summed E-state index contributed by atoms with van der Waals surface area (Å²) < 4.78 is 11.3. The van der Waals surface area contributed by atoms with Gasteiger partial charge in [-0.1, -0.05) is 36.4 Å². The number of hydrogen-bond acceptors (Lipinski definition) is 4. The number of benzene rings is 2. The van der Waals surface area contributed by atoms with E-state index in [1.165, 1.54) is 5.56 Å². The standard InChI is InChI=1S/C25H32N2O4/c1-4-30-22-12-11-20(15-23(22)31-5-2)18(3)26-25(29)21-16-24(28)27(17-21)14-13-19-9-7-6-8-10-19/h6-12,15,18,21H,4-5,13-14,16-17H2,1-3H3,(H,26,29). The molecule has 2 amide bonds. The lowest BCUT2D eigenvalue weighted by Crippen LogP contribution is -2.35. The van der Waals surface area contributed by atoms with Gasteiger partial charge in [0.2, 0.25) is 11.8 Å². The molecule has 1 heterocycles. The maximum Gasteiger partial charge on any atom is 0.225 e. The summed E-state index contributed by atoms with van der Waals surface area (Å²) in [7, 11) is 0. The van der Waals surface area contributed by atoms with E-state index in [1.807, 2.05) is 57.2 Å². The Bertz CT molecular complexity index is 884. The third kappa shape index (κ3) is 6.00. The molecule has 6 heteroatoms.